The van der Waals surface area contributed by atoms with Crippen LogP contribution in [0.4, 0.5) is 0 Å². The van der Waals surface area contributed by atoms with Crippen molar-refractivity contribution < 1.29 is 0 Å². The fraction of sp³-hybridized carbons (Fsp3) is 1.00. The average molecular weight is 230 g/mol. The molecule has 1 heterocycles. The number of hydrogen-bond acceptors (Lipinski definition) is 3. The van der Waals surface area contributed by atoms with Gasteiger partial charge in [0.1, 0.15) is 0 Å². The fourth-order valence-corrected chi connectivity index (χ4v) is 2.13. The molecule has 1 unspecified atom stereocenters. The first-order valence-electron chi connectivity index (χ1n) is 6.00. The lowest BCUT2D eigenvalue weighted by Gasteiger charge is -2.26. The summed E-state index contributed by atoms with van der Waals surface area (Å²) in [5.41, 5.74) is 0. The monoisotopic (exact) mass is 230 g/mol. The molecule has 1 aliphatic heterocycles. The van der Waals surface area contributed by atoms with Crippen molar-refractivity contribution in [2.24, 2.45) is 0 Å². The molecule has 1 saturated heterocycles. The quantitative estimate of drug-likeness (QED) is 0.797. The Hall–Kier alpha value is 0.270. The van der Waals surface area contributed by atoms with Crippen molar-refractivity contribution in [3.8, 4) is 0 Å². The maximum Gasteiger partial charge on any atom is 0.0225 e. The van der Waals surface area contributed by atoms with Crippen molar-refractivity contribution in [1.29, 1.82) is 0 Å². The maximum absolute atomic E-state index is 3.73. The van der Waals surface area contributed by atoms with Crippen molar-refractivity contribution >= 4 is 11.8 Å². The predicted molar refractivity (Wildman–Crippen MR) is 70.7 cm³/mol. The van der Waals surface area contributed by atoms with E-state index in [0.717, 1.165) is 12.6 Å². The summed E-state index contributed by atoms with van der Waals surface area (Å²) in [6.45, 7) is 8.27. The third-order valence-electron chi connectivity index (χ3n) is 3.32. The van der Waals surface area contributed by atoms with E-state index in [1.165, 1.54) is 32.4 Å². The van der Waals surface area contributed by atoms with E-state index in [-0.39, 0.29) is 0 Å². The molecule has 0 spiro atoms. The van der Waals surface area contributed by atoms with Gasteiger partial charge >= 0.3 is 0 Å². The number of nitrogens with one attached hydrogen (secondary N) is 1. The van der Waals surface area contributed by atoms with Crippen LogP contribution in [-0.2, 0) is 0 Å². The van der Waals surface area contributed by atoms with Crippen molar-refractivity contribution in [3.05, 3.63) is 0 Å². The molecule has 0 aromatic heterocycles. The smallest absolute Gasteiger partial charge is 0.0225 e. The van der Waals surface area contributed by atoms with Crippen molar-refractivity contribution in [2.45, 2.75) is 43.9 Å². The van der Waals surface area contributed by atoms with Gasteiger partial charge in [-0.2, -0.15) is 11.8 Å². The molecule has 0 aromatic carbocycles. The van der Waals surface area contributed by atoms with Gasteiger partial charge in [-0.15, -0.1) is 0 Å². The fourth-order valence-electron chi connectivity index (χ4n) is 1.91. The molecular formula is C12H26N2S. The zero-order chi connectivity index (χ0) is 11.3. The van der Waals surface area contributed by atoms with E-state index in [1.54, 1.807) is 0 Å². The van der Waals surface area contributed by atoms with Gasteiger partial charge in [0, 0.05) is 17.3 Å². The van der Waals surface area contributed by atoms with E-state index in [2.05, 4.69) is 37.4 Å². The van der Waals surface area contributed by atoms with Gasteiger partial charge in [-0.05, 0) is 59.5 Å². The Morgan fingerprint density at radius 3 is 2.73 bits per heavy atom. The number of rotatable bonds is 4. The Bertz CT molecular complexity index is 182. The third-order valence-corrected chi connectivity index (χ3v) is 4.57. The Labute approximate surface area is 99.2 Å². The van der Waals surface area contributed by atoms with Crippen LogP contribution in [0.3, 0.4) is 0 Å². The number of nitrogens with zero attached hydrogens (tertiary/aromatic N) is 1. The second-order valence-electron chi connectivity index (χ2n) is 5.28. The van der Waals surface area contributed by atoms with Gasteiger partial charge in [-0.3, -0.25) is 0 Å². The molecule has 1 fully saturated rings. The molecule has 90 valence electrons. The number of thioether (sulfide) groups is 1. The first-order chi connectivity index (χ1) is 7.03. The molecule has 1 rings (SSSR count). The van der Waals surface area contributed by atoms with Gasteiger partial charge in [0.25, 0.3) is 0 Å². The summed E-state index contributed by atoms with van der Waals surface area (Å²) in [6, 6.07) is 0.737. The molecule has 15 heavy (non-hydrogen) atoms. The van der Waals surface area contributed by atoms with Crippen molar-refractivity contribution in [3.63, 3.8) is 0 Å². The highest BCUT2D eigenvalue weighted by molar-refractivity contribution is 7.99. The van der Waals surface area contributed by atoms with Crippen LogP contribution in [0.2, 0.25) is 0 Å². The Kier molecular flexibility index (Phi) is 5.44. The molecule has 0 radical (unpaired) electrons. The molecule has 1 N–H and O–H groups in total. The van der Waals surface area contributed by atoms with Gasteiger partial charge in [-0.1, -0.05) is 0 Å². The second kappa shape index (κ2) is 6.12. The Morgan fingerprint density at radius 2 is 2.07 bits per heavy atom. The zero-order valence-corrected chi connectivity index (χ0v) is 11.5. The Balaban J connectivity index is 2.26. The van der Waals surface area contributed by atoms with Gasteiger partial charge < -0.3 is 10.2 Å². The summed E-state index contributed by atoms with van der Waals surface area (Å²) >= 11 is 1.95. The first kappa shape index (κ1) is 13.3. The lowest BCUT2D eigenvalue weighted by molar-refractivity contribution is 0.343. The molecule has 2 nitrogen and oxygen atoms in total. The highest BCUT2D eigenvalue weighted by Crippen LogP contribution is 2.20. The van der Waals surface area contributed by atoms with Gasteiger partial charge in [0.2, 0.25) is 0 Å². The second-order valence-corrected chi connectivity index (χ2v) is 6.79. The van der Waals surface area contributed by atoms with E-state index in [9.17, 15) is 0 Å². The molecule has 0 bridgehead atoms. The van der Waals surface area contributed by atoms with E-state index < -0.39 is 0 Å². The highest BCUT2D eigenvalue weighted by atomic mass is 32.2. The van der Waals surface area contributed by atoms with Crippen LogP contribution < -0.4 is 5.32 Å². The SMILES string of the molecule is CSC(C)(C)CNC1CCCN(C)CC1. The zero-order valence-electron chi connectivity index (χ0n) is 10.7. The van der Waals surface area contributed by atoms with Gasteiger partial charge in [0.15, 0.2) is 0 Å². The van der Waals surface area contributed by atoms with E-state index >= 15 is 0 Å². The molecule has 1 aliphatic rings. The van der Waals surface area contributed by atoms with Crippen molar-refractivity contribution in [1.82, 2.24) is 10.2 Å². The molecular weight excluding hydrogens is 204 g/mol. The summed E-state index contributed by atoms with van der Waals surface area (Å²) < 4.78 is 0.373. The summed E-state index contributed by atoms with van der Waals surface area (Å²) in [6.07, 6.45) is 6.19. The van der Waals surface area contributed by atoms with E-state index in [0.29, 0.717) is 4.75 Å². The van der Waals surface area contributed by atoms with Crippen LogP contribution in [0.1, 0.15) is 33.1 Å². The van der Waals surface area contributed by atoms with Crippen LogP contribution >= 0.6 is 11.8 Å². The van der Waals surface area contributed by atoms with Crippen LogP contribution in [0.25, 0.3) is 0 Å². The van der Waals surface area contributed by atoms with Gasteiger partial charge in [-0.25, -0.2) is 0 Å². The Morgan fingerprint density at radius 1 is 1.33 bits per heavy atom. The molecule has 1 atom stereocenters. The molecule has 0 aromatic rings. The van der Waals surface area contributed by atoms with Gasteiger partial charge in [0.05, 0.1) is 0 Å². The lowest BCUT2D eigenvalue weighted by atomic mass is 10.1. The number of likely N-dealkylation sites (tertiary alicyclic amines) is 1. The van der Waals surface area contributed by atoms with E-state index in [4.69, 9.17) is 0 Å². The third kappa shape index (κ3) is 5.23. The summed E-state index contributed by atoms with van der Waals surface area (Å²) in [5, 5.41) is 3.73. The minimum absolute atomic E-state index is 0.373. The van der Waals surface area contributed by atoms with Crippen LogP contribution in [-0.4, -0.2) is 48.6 Å². The minimum Gasteiger partial charge on any atom is -0.313 e. The number of hydrogen-bond donors (Lipinski definition) is 1. The average Bonchev–Trinajstić information content (AvgIpc) is 2.40. The summed E-state index contributed by atoms with van der Waals surface area (Å²) in [5.74, 6) is 0. The molecule has 3 heteroatoms. The van der Waals surface area contributed by atoms with Crippen molar-refractivity contribution in [2.75, 3.05) is 32.9 Å². The van der Waals surface area contributed by atoms with Crippen LogP contribution in [0, 0.1) is 0 Å². The predicted octanol–water partition coefficient (Wildman–Crippen LogP) is 2.20. The summed E-state index contributed by atoms with van der Waals surface area (Å²) in [4.78, 5) is 2.45. The lowest BCUT2D eigenvalue weighted by Crippen LogP contribution is -2.39. The van der Waals surface area contributed by atoms with Crippen LogP contribution in [0.15, 0.2) is 0 Å². The molecule has 0 saturated carbocycles. The topological polar surface area (TPSA) is 15.3 Å². The first-order valence-corrected chi connectivity index (χ1v) is 7.23. The largest absolute Gasteiger partial charge is 0.313 e. The maximum atomic E-state index is 3.73. The molecule has 0 amide bonds. The minimum atomic E-state index is 0.373. The standard InChI is InChI=1S/C12H26N2S/c1-12(2,15-4)10-13-11-6-5-8-14(3)9-7-11/h11,13H,5-10H2,1-4H3. The van der Waals surface area contributed by atoms with Crippen LogP contribution in [0.5, 0.6) is 0 Å². The highest BCUT2D eigenvalue weighted by Gasteiger charge is 2.19. The molecule has 0 aliphatic carbocycles. The summed E-state index contributed by atoms with van der Waals surface area (Å²) in [7, 11) is 2.23. The van der Waals surface area contributed by atoms with E-state index in [1.807, 2.05) is 11.8 Å². The normalized spacial score (nSPS) is 25.2.